The van der Waals surface area contributed by atoms with E-state index in [1.807, 2.05) is 13.0 Å². The molecule has 1 N–H and O–H groups in total. The fourth-order valence-electron chi connectivity index (χ4n) is 6.63. The van der Waals surface area contributed by atoms with Crippen molar-refractivity contribution in [2.24, 2.45) is 0 Å². The van der Waals surface area contributed by atoms with Crippen LogP contribution in [0.4, 0.5) is 0 Å². The summed E-state index contributed by atoms with van der Waals surface area (Å²) in [6.45, 7) is 10.5. The number of hydrogen-bond donors (Lipinski definition) is 1. The first-order valence-electron chi connectivity index (χ1n) is 20.2. The molecule has 1 aromatic carbocycles. The Balaban J connectivity index is 0. The van der Waals surface area contributed by atoms with Crippen LogP contribution in [0.3, 0.4) is 0 Å². The molecule has 0 bridgehead atoms. The fraction of sp³-hybridized carbons (Fsp3) is 0.833. The summed E-state index contributed by atoms with van der Waals surface area (Å²) in [5.41, 5.74) is 2.22. The molecule has 0 spiro atoms. The summed E-state index contributed by atoms with van der Waals surface area (Å²) in [5, 5.41) is 8.21. The molecule has 3 nitrogen and oxygen atoms in total. The Labute approximate surface area is 306 Å². The quantitative estimate of drug-likeness (QED) is 0.0442. The minimum atomic E-state index is 0. The van der Waals surface area contributed by atoms with Gasteiger partial charge in [-0.3, -0.25) is 10.3 Å². The van der Waals surface area contributed by atoms with Crippen molar-refractivity contribution in [3.05, 3.63) is 35.4 Å². The molecule has 0 aliphatic heterocycles. The fourth-order valence-corrected chi connectivity index (χ4v) is 6.63. The van der Waals surface area contributed by atoms with E-state index in [9.17, 15) is 0 Å². The Hall–Kier alpha value is -0.770. The lowest BCUT2D eigenvalue weighted by Gasteiger charge is -2.23. The maximum atomic E-state index is 8.21. The van der Waals surface area contributed by atoms with Crippen molar-refractivity contribution >= 4 is 30.7 Å². The summed E-state index contributed by atoms with van der Waals surface area (Å²) in [5.74, 6) is 0.296. The van der Waals surface area contributed by atoms with Gasteiger partial charge in [-0.1, -0.05) is 193 Å². The highest BCUT2D eigenvalue weighted by Gasteiger charge is 2.09. The van der Waals surface area contributed by atoms with Crippen LogP contribution in [0.15, 0.2) is 24.3 Å². The van der Waals surface area contributed by atoms with Crippen LogP contribution in [0.2, 0.25) is 0 Å². The lowest BCUT2D eigenvalue weighted by molar-refractivity contribution is 0.252. The van der Waals surface area contributed by atoms with Gasteiger partial charge in [0.1, 0.15) is 0 Å². The molecule has 1 aromatic rings. The monoisotopic (exact) mass is 699 g/mol. The number of nitrogens with one attached hydrogen (secondary N) is 1. The van der Waals surface area contributed by atoms with Crippen molar-refractivity contribution in [2.45, 2.75) is 207 Å². The maximum absolute atomic E-state index is 8.21. The SMILES string of the molecule is CCCCCCCCCCCCCCCCN(CCCCCCCCCCCCCCCC)Cc1cccc(C(=N)OCC)c1.Cl.Cl. The molecule has 0 unspecified atom stereocenters. The first-order chi connectivity index (χ1) is 22.2. The predicted molar refractivity (Wildman–Crippen MR) is 215 cm³/mol. The molecule has 0 radical (unpaired) electrons. The second kappa shape index (κ2) is 38.0. The molecule has 5 heteroatoms. The van der Waals surface area contributed by atoms with Gasteiger partial charge < -0.3 is 4.74 Å². The number of ether oxygens (including phenoxy) is 1. The van der Waals surface area contributed by atoms with E-state index in [0.717, 1.165) is 12.1 Å². The van der Waals surface area contributed by atoms with Gasteiger partial charge in [0, 0.05) is 12.1 Å². The smallest absolute Gasteiger partial charge is 0.213 e. The first kappa shape index (κ1) is 48.3. The molecule has 1 rings (SSSR count). The Bertz CT molecular complexity index is 743. The standard InChI is InChI=1S/C42H78N2O.2ClH/c1-4-7-9-11-13-15-17-19-21-23-25-27-29-31-36-44(39-40-34-33-35-41(38-40)42(43)45-6-3)37-32-30-28-26-24-22-20-18-16-14-12-10-8-5-2;;/h33-35,38,43H,4-32,36-37,39H2,1-3H3;2*1H. The molecule has 278 valence electrons. The van der Waals surface area contributed by atoms with Crippen LogP contribution in [-0.4, -0.2) is 30.5 Å². The minimum absolute atomic E-state index is 0. The van der Waals surface area contributed by atoms with Crippen molar-refractivity contribution in [3.8, 4) is 0 Å². The van der Waals surface area contributed by atoms with E-state index in [-0.39, 0.29) is 24.8 Å². The summed E-state index contributed by atoms with van der Waals surface area (Å²) >= 11 is 0. The van der Waals surface area contributed by atoms with Crippen molar-refractivity contribution in [3.63, 3.8) is 0 Å². The number of hydrogen-bond acceptors (Lipinski definition) is 3. The summed E-state index contributed by atoms with van der Waals surface area (Å²) < 4.78 is 5.47. The highest BCUT2D eigenvalue weighted by molar-refractivity contribution is 5.91. The summed E-state index contributed by atoms with van der Waals surface area (Å²) in [6.07, 6.45) is 39.6. The second-order valence-corrected chi connectivity index (χ2v) is 13.9. The molecule has 0 amide bonds. The third-order valence-electron chi connectivity index (χ3n) is 9.54. The van der Waals surface area contributed by atoms with E-state index >= 15 is 0 Å². The zero-order valence-electron chi connectivity index (χ0n) is 31.6. The number of benzene rings is 1. The third kappa shape index (κ3) is 31.0. The number of unbranched alkanes of at least 4 members (excludes halogenated alkanes) is 26. The van der Waals surface area contributed by atoms with Gasteiger partial charge in [-0.2, -0.15) is 0 Å². The largest absolute Gasteiger partial charge is 0.478 e. The Morgan fingerprint density at radius 2 is 0.851 bits per heavy atom. The van der Waals surface area contributed by atoms with Crippen LogP contribution in [-0.2, 0) is 11.3 Å². The van der Waals surface area contributed by atoms with Crippen molar-refractivity contribution in [1.82, 2.24) is 4.90 Å². The Morgan fingerprint density at radius 3 is 1.19 bits per heavy atom. The van der Waals surface area contributed by atoms with E-state index in [1.165, 1.54) is 198 Å². The van der Waals surface area contributed by atoms with Crippen molar-refractivity contribution < 1.29 is 4.74 Å². The predicted octanol–water partition coefficient (Wildman–Crippen LogP) is 14.7. The lowest BCUT2D eigenvalue weighted by Crippen LogP contribution is -2.26. The van der Waals surface area contributed by atoms with Crippen LogP contribution < -0.4 is 0 Å². The van der Waals surface area contributed by atoms with E-state index < -0.39 is 0 Å². The molecule has 0 fully saturated rings. The van der Waals surface area contributed by atoms with Crippen LogP contribution in [0.1, 0.15) is 212 Å². The third-order valence-corrected chi connectivity index (χ3v) is 9.54. The van der Waals surface area contributed by atoms with Gasteiger partial charge in [0.05, 0.1) is 6.61 Å². The molecule has 0 atom stereocenters. The van der Waals surface area contributed by atoms with Gasteiger partial charge in [-0.15, -0.1) is 24.8 Å². The van der Waals surface area contributed by atoms with E-state index in [4.69, 9.17) is 10.1 Å². The first-order valence-corrected chi connectivity index (χ1v) is 20.2. The average Bonchev–Trinajstić information content (AvgIpc) is 3.05. The van der Waals surface area contributed by atoms with Crippen molar-refractivity contribution in [2.75, 3.05) is 19.7 Å². The normalized spacial score (nSPS) is 11.0. The molecule has 0 aliphatic rings. The minimum Gasteiger partial charge on any atom is -0.478 e. The van der Waals surface area contributed by atoms with Gasteiger partial charge in [-0.05, 0) is 50.6 Å². The van der Waals surface area contributed by atoms with Crippen LogP contribution in [0.25, 0.3) is 0 Å². The van der Waals surface area contributed by atoms with Gasteiger partial charge in [0.25, 0.3) is 0 Å². The average molecular weight is 700 g/mol. The Morgan fingerprint density at radius 1 is 0.511 bits per heavy atom. The zero-order valence-corrected chi connectivity index (χ0v) is 33.2. The number of nitrogens with zero attached hydrogens (tertiary/aromatic N) is 1. The van der Waals surface area contributed by atoms with Crippen LogP contribution >= 0.6 is 24.8 Å². The van der Waals surface area contributed by atoms with Crippen LogP contribution in [0.5, 0.6) is 0 Å². The summed E-state index contributed by atoms with van der Waals surface area (Å²) in [6, 6.07) is 8.50. The number of halogens is 2. The van der Waals surface area contributed by atoms with Crippen molar-refractivity contribution in [1.29, 1.82) is 5.41 Å². The highest BCUT2D eigenvalue weighted by atomic mass is 35.5. The molecule has 0 saturated carbocycles. The number of rotatable bonds is 34. The molecule has 0 aromatic heterocycles. The van der Waals surface area contributed by atoms with Gasteiger partial charge >= 0.3 is 0 Å². The van der Waals surface area contributed by atoms with Crippen LogP contribution in [0, 0.1) is 5.41 Å². The van der Waals surface area contributed by atoms with E-state index in [2.05, 4.69) is 36.9 Å². The maximum Gasteiger partial charge on any atom is 0.213 e. The summed E-state index contributed by atoms with van der Waals surface area (Å²) in [7, 11) is 0. The van der Waals surface area contributed by atoms with Gasteiger partial charge in [0.2, 0.25) is 5.90 Å². The summed E-state index contributed by atoms with van der Waals surface area (Å²) in [4.78, 5) is 2.68. The second-order valence-electron chi connectivity index (χ2n) is 13.9. The molecule has 47 heavy (non-hydrogen) atoms. The van der Waals surface area contributed by atoms with Gasteiger partial charge in [-0.25, -0.2) is 0 Å². The van der Waals surface area contributed by atoms with Gasteiger partial charge in [0.15, 0.2) is 0 Å². The lowest BCUT2D eigenvalue weighted by atomic mass is 10.0. The molecule has 0 aliphatic carbocycles. The highest BCUT2D eigenvalue weighted by Crippen LogP contribution is 2.17. The van der Waals surface area contributed by atoms with E-state index in [0.29, 0.717) is 12.5 Å². The molecule has 0 heterocycles. The topological polar surface area (TPSA) is 36.3 Å². The molecule has 0 saturated heterocycles. The van der Waals surface area contributed by atoms with E-state index in [1.54, 1.807) is 0 Å². The zero-order chi connectivity index (χ0) is 32.5. The molecular formula is C42H80Cl2N2O. The molecular weight excluding hydrogens is 619 g/mol. The Kier molecular flexibility index (Phi) is 39.1.